The zero-order valence-electron chi connectivity index (χ0n) is 2.39. The maximum absolute atomic E-state index is 8.98. The summed E-state index contributed by atoms with van der Waals surface area (Å²) in [6.07, 6.45) is 0.960. The summed E-state index contributed by atoms with van der Waals surface area (Å²) in [4.78, 5) is 8.98. The van der Waals surface area contributed by atoms with Gasteiger partial charge in [0.05, 0.1) is 6.20 Å². The molecule has 0 aromatic heterocycles. The molecule has 28 valence electrons. The van der Waals surface area contributed by atoms with Crippen molar-refractivity contribution in [2.24, 2.45) is 5.18 Å². The molecule has 0 heterocycles. The molecular weight excluding hydrogens is 89.5 g/mol. The molecule has 0 N–H and O–H groups in total. The lowest BCUT2D eigenvalue weighted by atomic mass is 11.1. The quantitative estimate of drug-likeness (QED) is 0.449. The van der Waals surface area contributed by atoms with Gasteiger partial charge >= 0.3 is 0 Å². The van der Waals surface area contributed by atoms with Gasteiger partial charge < -0.3 is 0 Å². The Hall–Kier alpha value is -0.370. The van der Waals surface area contributed by atoms with Gasteiger partial charge in [-0.3, -0.25) is 0 Å². The van der Waals surface area contributed by atoms with Crippen molar-refractivity contribution in [1.82, 2.24) is 0 Å². The minimum Gasteiger partial charge on any atom is -0.145 e. The molecule has 0 rings (SSSR count). The van der Waals surface area contributed by atoms with Crippen molar-refractivity contribution in [1.29, 1.82) is 0 Å². The summed E-state index contributed by atoms with van der Waals surface area (Å²) in [5, 5.41) is 2.29. The summed E-state index contributed by atoms with van der Waals surface area (Å²) in [7, 11) is 0. The minimum absolute atomic E-state index is 0.960. The number of halogens is 1. The number of rotatable bonds is 1. The molecule has 0 saturated heterocycles. The van der Waals surface area contributed by atoms with Gasteiger partial charge in [-0.25, -0.2) is 0 Å². The molecule has 0 aliphatic rings. The van der Waals surface area contributed by atoms with E-state index in [1.807, 2.05) is 0 Å². The van der Waals surface area contributed by atoms with Crippen molar-refractivity contribution in [2.45, 2.75) is 0 Å². The second-order valence-electron chi connectivity index (χ2n) is 0.380. The third-order valence-electron chi connectivity index (χ3n) is 0.117. The number of hydrogen-bond donors (Lipinski definition) is 0. The minimum atomic E-state index is 0.960. The summed E-state index contributed by atoms with van der Waals surface area (Å²) in [5.41, 5.74) is 1.05. The van der Waals surface area contributed by atoms with Gasteiger partial charge in [0.2, 0.25) is 0 Å². The van der Waals surface area contributed by atoms with Gasteiger partial charge in [0.15, 0.2) is 0 Å². The third kappa shape index (κ3) is 3.63. The van der Waals surface area contributed by atoms with Crippen molar-refractivity contribution in [3.05, 3.63) is 16.6 Å². The van der Waals surface area contributed by atoms with E-state index < -0.39 is 0 Å². The van der Waals surface area contributed by atoms with Crippen LogP contribution in [0, 0.1) is 4.91 Å². The lowest BCUT2D eigenvalue weighted by Crippen LogP contribution is -1.29. The molecule has 0 aliphatic heterocycles. The molecule has 0 aliphatic carbocycles. The maximum Gasteiger partial charge on any atom is 0.0827 e. The highest BCUT2D eigenvalue weighted by atomic mass is 35.5. The lowest BCUT2D eigenvalue weighted by Gasteiger charge is -1.48. The van der Waals surface area contributed by atoms with E-state index in [9.17, 15) is 0 Å². The van der Waals surface area contributed by atoms with Crippen LogP contribution in [0.25, 0.3) is 0 Å². The zero-order chi connectivity index (χ0) is 4.12. The first kappa shape index (κ1) is 4.63. The van der Waals surface area contributed by atoms with Crippen LogP contribution >= 0.6 is 11.6 Å². The van der Waals surface area contributed by atoms with Crippen LogP contribution < -0.4 is 0 Å². The highest BCUT2D eigenvalue weighted by Gasteiger charge is 1.50. The SMILES string of the molecule is O=N/C=C/Cl. The van der Waals surface area contributed by atoms with Gasteiger partial charge in [0.1, 0.15) is 0 Å². The average Bonchev–Trinajstić information content (AvgIpc) is 1.41. The van der Waals surface area contributed by atoms with Crippen LogP contribution in [0.1, 0.15) is 0 Å². The molecule has 0 bridgehead atoms. The molecule has 5 heavy (non-hydrogen) atoms. The Kier molecular flexibility index (Phi) is 3.36. The van der Waals surface area contributed by atoms with Gasteiger partial charge in [-0.15, -0.1) is 4.91 Å². The number of hydrogen-bond acceptors (Lipinski definition) is 2. The van der Waals surface area contributed by atoms with Gasteiger partial charge in [0, 0.05) is 5.54 Å². The molecule has 0 fully saturated rings. The van der Waals surface area contributed by atoms with Crippen molar-refractivity contribution in [3.8, 4) is 0 Å². The Labute approximate surface area is 34.4 Å². The zero-order valence-corrected chi connectivity index (χ0v) is 3.14. The molecule has 0 atom stereocenters. The second-order valence-corrected chi connectivity index (χ2v) is 0.632. The molecule has 0 aromatic carbocycles. The fourth-order valence-corrected chi connectivity index (χ4v) is 0.0690. The average molecular weight is 91.5 g/mol. The van der Waals surface area contributed by atoms with Crippen molar-refractivity contribution in [3.63, 3.8) is 0 Å². The van der Waals surface area contributed by atoms with E-state index in [0.717, 1.165) is 11.7 Å². The van der Waals surface area contributed by atoms with Crippen LogP contribution in [-0.4, -0.2) is 0 Å². The largest absolute Gasteiger partial charge is 0.145 e. The molecule has 0 amide bonds. The first-order valence-electron chi connectivity index (χ1n) is 0.992. The van der Waals surface area contributed by atoms with E-state index in [1.54, 1.807) is 0 Å². The van der Waals surface area contributed by atoms with E-state index >= 15 is 0 Å². The van der Waals surface area contributed by atoms with Crippen molar-refractivity contribution < 1.29 is 0 Å². The van der Waals surface area contributed by atoms with Crippen LogP contribution in [0.2, 0.25) is 0 Å². The standard InChI is InChI=1S/C2H2ClNO/c3-1-2-4-5/h1-2H/b2-1+. The van der Waals surface area contributed by atoms with Gasteiger partial charge in [-0.05, 0) is 5.18 Å². The van der Waals surface area contributed by atoms with E-state index in [4.69, 9.17) is 16.5 Å². The topological polar surface area (TPSA) is 29.4 Å². The van der Waals surface area contributed by atoms with Crippen molar-refractivity contribution in [2.75, 3.05) is 0 Å². The van der Waals surface area contributed by atoms with Crippen LogP contribution in [-0.2, 0) is 0 Å². The van der Waals surface area contributed by atoms with Gasteiger partial charge in [0.25, 0.3) is 0 Å². The molecule has 0 aromatic rings. The van der Waals surface area contributed by atoms with Crippen LogP contribution in [0.5, 0.6) is 0 Å². The molecular formula is C2H2ClNO. The first-order valence-corrected chi connectivity index (χ1v) is 1.43. The second kappa shape index (κ2) is 3.63. The van der Waals surface area contributed by atoms with Crippen LogP contribution in [0.15, 0.2) is 16.9 Å². The predicted octanol–water partition coefficient (Wildman–Crippen LogP) is 1.46. The van der Waals surface area contributed by atoms with E-state index in [0.29, 0.717) is 0 Å². The van der Waals surface area contributed by atoms with E-state index in [2.05, 4.69) is 5.18 Å². The van der Waals surface area contributed by atoms with Crippen LogP contribution in [0.4, 0.5) is 0 Å². The summed E-state index contributed by atoms with van der Waals surface area (Å²) in [6.45, 7) is 0. The highest BCUT2D eigenvalue weighted by molar-refractivity contribution is 6.25. The molecule has 0 unspecified atom stereocenters. The molecule has 3 heteroatoms. The van der Waals surface area contributed by atoms with Crippen LogP contribution in [0.3, 0.4) is 0 Å². The summed E-state index contributed by atoms with van der Waals surface area (Å²) >= 11 is 4.83. The Balaban J connectivity index is 2.92. The summed E-state index contributed by atoms with van der Waals surface area (Å²) in [5.74, 6) is 0. The summed E-state index contributed by atoms with van der Waals surface area (Å²) < 4.78 is 0. The Morgan fingerprint density at radius 3 is 2.40 bits per heavy atom. The molecule has 0 radical (unpaired) electrons. The van der Waals surface area contributed by atoms with E-state index in [-0.39, 0.29) is 0 Å². The Morgan fingerprint density at radius 1 is 1.80 bits per heavy atom. The normalized spacial score (nSPS) is 9.00. The molecule has 0 saturated carbocycles. The fourth-order valence-electron chi connectivity index (χ4n) is 0.0230. The number of nitroso groups, excluding NO2 is 1. The molecule has 0 spiro atoms. The summed E-state index contributed by atoms with van der Waals surface area (Å²) in [6, 6.07) is 0. The Morgan fingerprint density at radius 2 is 2.40 bits per heavy atom. The third-order valence-corrected chi connectivity index (χ3v) is 0.230. The van der Waals surface area contributed by atoms with E-state index in [1.165, 1.54) is 0 Å². The first-order chi connectivity index (χ1) is 2.41. The number of nitrogens with zero attached hydrogens (tertiary/aromatic N) is 1. The monoisotopic (exact) mass is 91.0 g/mol. The van der Waals surface area contributed by atoms with Gasteiger partial charge in [-0.2, -0.15) is 0 Å². The smallest absolute Gasteiger partial charge is 0.0827 e. The molecule has 2 nitrogen and oxygen atoms in total. The lowest BCUT2D eigenvalue weighted by molar-refractivity contribution is 1.55. The van der Waals surface area contributed by atoms with Gasteiger partial charge in [-0.1, -0.05) is 11.6 Å². The highest BCUT2D eigenvalue weighted by Crippen LogP contribution is 1.74. The Bertz CT molecular complexity index is 51.6. The maximum atomic E-state index is 8.98. The van der Waals surface area contributed by atoms with Crippen molar-refractivity contribution >= 4 is 11.6 Å². The predicted molar refractivity (Wildman–Crippen MR) is 20.8 cm³/mol. The fraction of sp³-hybridized carbons (Fsp3) is 0.